The van der Waals surface area contributed by atoms with E-state index in [1.807, 2.05) is 42.0 Å². The zero-order valence-electron chi connectivity index (χ0n) is 10.0. The van der Waals surface area contributed by atoms with E-state index < -0.39 is 5.97 Å². The molecule has 0 radical (unpaired) electrons. The van der Waals surface area contributed by atoms with Gasteiger partial charge < -0.3 is 14.4 Å². The van der Waals surface area contributed by atoms with E-state index in [1.54, 1.807) is 6.20 Å². The fourth-order valence-corrected chi connectivity index (χ4v) is 1.61. The Labute approximate surface area is 105 Å². The van der Waals surface area contributed by atoms with Crippen molar-refractivity contribution in [3.05, 3.63) is 42.5 Å². The second kappa shape index (κ2) is 5.35. The molecule has 0 saturated carbocycles. The molecule has 0 amide bonds. The summed E-state index contributed by atoms with van der Waals surface area (Å²) in [5.74, 6) is 0.716. The minimum Gasteiger partial charge on any atom is -0.493 e. The maximum Gasteiger partial charge on any atom is 0.306 e. The fourth-order valence-electron chi connectivity index (χ4n) is 1.61. The lowest BCUT2D eigenvalue weighted by molar-refractivity contribution is -0.137. The van der Waals surface area contributed by atoms with Crippen molar-refractivity contribution in [1.82, 2.24) is 9.55 Å². The van der Waals surface area contributed by atoms with E-state index in [9.17, 15) is 4.79 Å². The number of carbonyl (C=O) groups is 1. The summed E-state index contributed by atoms with van der Waals surface area (Å²) in [4.78, 5) is 14.5. The van der Waals surface area contributed by atoms with Crippen LogP contribution in [0.25, 0.3) is 5.69 Å². The third-order valence-electron chi connectivity index (χ3n) is 2.53. The normalized spacial score (nSPS) is 10.3. The minimum atomic E-state index is -0.860. The van der Waals surface area contributed by atoms with Crippen molar-refractivity contribution in [1.29, 1.82) is 0 Å². The molecule has 5 heteroatoms. The van der Waals surface area contributed by atoms with Crippen LogP contribution in [0.15, 0.2) is 36.7 Å². The van der Waals surface area contributed by atoms with Crippen LogP contribution in [0.3, 0.4) is 0 Å². The molecule has 1 aromatic heterocycles. The van der Waals surface area contributed by atoms with Gasteiger partial charge in [0.1, 0.15) is 11.6 Å². The van der Waals surface area contributed by atoms with Gasteiger partial charge in [-0.2, -0.15) is 0 Å². The predicted octanol–water partition coefficient (Wildman–Crippen LogP) is 2.03. The first-order valence-electron chi connectivity index (χ1n) is 5.62. The van der Waals surface area contributed by atoms with Crippen molar-refractivity contribution in [3.63, 3.8) is 0 Å². The molecular formula is C13H14N2O3. The van der Waals surface area contributed by atoms with E-state index >= 15 is 0 Å². The Morgan fingerprint density at radius 2 is 2.11 bits per heavy atom. The van der Waals surface area contributed by atoms with E-state index in [1.165, 1.54) is 0 Å². The molecule has 1 heterocycles. The Balaban J connectivity index is 2.02. The molecule has 0 bridgehead atoms. The van der Waals surface area contributed by atoms with Gasteiger partial charge in [0.05, 0.1) is 13.0 Å². The van der Waals surface area contributed by atoms with E-state index in [0.29, 0.717) is 5.75 Å². The largest absolute Gasteiger partial charge is 0.493 e. The lowest BCUT2D eigenvalue weighted by atomic mass is 10.3. The molecule has 2 rings (SSSR count). The predicted molar refractivity (Wildman–Crippen MR) is 66.0 cm³/mol. The lowest BCUT2D eigenvalue weighted by Crippen LogP contribution is -2.04. The maximum absolute atomic E-state index is 10.3. The highest BCUT2D eigenvalue weighted by molar-refractivity contribution is 5.66. The van der Waals surface area contributed by atoms with Gasteiger partial charge in [-0.3, -0.25) is 4.79 Å². The number of aryl methyl sites for hydroxylation is 1. The summed E-state index contributed by atoms with van der Waals surface area (Å²) >= 11 is 0. The number of aliphatic carboxylic acids is 1. The summed E-state index contributed by atoms with van der Waals surface area (Å²) < 4.78 is 7.27. The Kier molecular flexibility index (Phi) is 3.62. The number of hydrogen-bond donors (Lipinski definition) is 1. The molecule has 5 nitrogen and oxygen atoms in total. The maximum atomic E-state index is 10.3. The smallest absolute Gasteiger partial charge is 0.306 e. The average Bonchev–Trinajstić information content (AvgIpc) is 2.76. The number of rotatable bonds is 5. The van der Waals surface area contributed by atoms with Gasteiger partial charge in [-0.15, -0.1) is 0 Å². The summed E-state index contributed by atoms with van der Waals surface area (Å²) in [5.41, 5.74) is 0.996. The van der Waals surface area contributed by atoms with Crippen molar-refractivity contribution in [3.8, 4) is 11.4 Å². The highest BCUT2D eigenvalue weighted by Gasteiger charge is 2.01. The molecule has 0 aliphatic rings. The quantitative estimate of drug-likeness (QED) is 0.876. The van der Waals surface area contributed by atoms with E-state index in [0.717, 1.165) is 11.5 Å². The zero-order valence-corrected chi connectivity index (χ0v) is 10.0. The van der Waals surface area contributed by atoms with Crippen molar-refractivity contribution in [2.24, 2.45) is 0 Å². The summed E-state index contributed by atoms with van der Waals surface area (Å²) in [5, 5.41) is 8.50. The highest BCUT2D eigenvalue weighted by atomic mass is 16.5. The highest BCUT2D eigenvalue weighted by Crippen LogP contribution is 2.16. The van der Waals surface area contributed by atoms with Gasteiger partial charge in [-0.05, 0) is 31.2 Å². The zero-order chi connectivity index (χ0) is 13.0. The number of ether oxygens (including phenoxy) is 1. The average molecular weight is 246 g/mol. The topological polar surface area (TPSA) is 64.4 Å². The molecule has 0 aliphatic heterocycles. The van der Waals surface area contributed by atoms with Crippen LogP contribution in [0.1, 0.15) is 12.2 Å². The number of hydrogen-bond acceptors (Lipinski definition) is 3. The summed E-state index contributed by atoms with van der Waals surface area (Å²) in [6, 6.07) is 7.45. The Morgan fingerprint density at radius 3 is 2.67 bits per heavy atom. The number of aromatic nitrogens is 2. The molecule has 1 aromatic carbocycles. The monoisotopic (exact) mass is 246 g/mol. The van der Waals surface area contributed by atoms with Gasteiger partial charge in [-0.1, -0.05) is 0 Å². The molecule has 2 aromatic rings. The lowest BCUT2D eigenvalue weighted by Gasteiger charge is -2.07. The third-order valence-corrected chi connectivity index (χ3v) is 2.53. The molecule has 0 fully saturated rings. The second-order valence-electron chi connectivity index (χ2n) is 3.83. The standard InChI is InChI=1S/C13H14N2O3/c1-10-14-7-8-15(10)11-2-4-12(5-3-11)18-9-6-13(16)17/h2-5,7-8H,6,9H2,1H3,(H,16,17). The van der Waals surface area contributed by atoms with Crippen LogP contribution >= 0.6 is 0 Å². The minimum absolute atomic E-state index is 0.00236. The van der Waals surface area contributed by atoms with Crippen molar-refractivity contribution >= 4 is 5.97 Å². The van der Waals surface area contributed by atoms with Gasteiger partial charge in [0.15, 0.2) is 0 Å². The van der Waals surface area contributed by atoms with Gasteiger partial charge in [0.2, 0.25) is 0 Å². The molecule has 18 heavy (non-hydrogen) atoms. The number of nitrogens with zero attached hydrogens (tertiary/aromatic N) is 2. The molecule has 94 valence electrons. The summed E-state index contributed by atoms with van der Waals surface area (Å²) in [6.07, 6.45) is 3.63. The van der Waals surface area contributed by atoms with Crippen molar-refractivity contribution in [2.75, 3.05) is 6.61 Å². The molecule has 0 unspecified atom stereocenters. The molecular weight excluding hydrogens is 232 g/mol. The summed E-state index contributed by atoms with van der Waals surface area (Å²) in [7, 11) is 0. The molecule has 0 spiro atoms. The van der Waals surface area contributed by atoms with Crippen LogP contribution in [0.4, 0.5) is 0 Å². The fraction of sp³-hybridized carbons (Fsp3) is 0.231. The SMILES string of the molecule is Cc1nccn1-c1ccc(OCCC(=O)O)cc1. The first-order valence-corrected chi connectivity index (χ1v) is 5.62. The number of benzene rings is 1. The number of carboxylic acids is 1. The Bertz CT molecular complexity index is 531. The van der Waals surface area contributed by atoms with E-state index in [4.69, 9.17) is 9.84 Å². The first kappa shape index (κ1) is 12.2. The van der Waals surface area contributed by atoms with Crippen LogP contribution in [0.5, 0.6) is 5.75 Å². The number of carboxylic acid groups (broad SMARTS) is 1. The van der Waals surface area contributed by atoms with Crippen molar-refractivity contribution in [2.45, 2.75) is 13.3 Å². The van der Waals surface area contributed by atoms with Crippen LogP contribution < -0.4 is 4.74 Å². The van der Waals surface area contributed by atoms with E-state index in [2.05, 4.69) is 4.98 Å². The molecule has 0 saturated heterocycles. The van der Waals surface area contributed by atoms with Gasteiger partial charge in [-0.25, -0.2) is 4.98 Å². The van der Waals surface area contributed by atoms with Gasteiger partial charge in [0, 0.05) is 18.1 Å². The van der Waals surface area contributed by atoms with Crippen LogP contribution in [-0.4, -0.2) is 27.2 Å². The third kappa shape index (κ3) is 2.88. The summed E-state index contributed by atoms with van der Waals surface area (Å²) in [6.45, 7) is 2.11. The van der Waals surface area contributed by atoms with Gasteiger partial charge >= 0.3 is 5.97 Å². The molecule has 0 aliphatic carbocycles. The Hall–Kier alpha value is -2.30. The van der Waals surface area contributed by atoms with Gasteiger partial charge in [0.25, 0.3) is 0 Å². The first-order chi connectivity index (χ1) is 8.66. The molecule has 0 atom stereocenters. The van der Waals surface area contributed by atoms with E-state index in [-0.39, 0.29) is 13.0 Å². The van der Waals surface area contributed by atoms with Crippen LogP contribution in [0.2, 0.25) is 0 Å². The number of imidazole rings is 1. The van der Waals surface area contributed by atoms with Crippen LogP contribution in [-0.2, 0) is 4.79 Å². The molecule has 1 N–H and O–H groups in total. The second-order valence-corrected chi connectivity index (χ2v) is 3.83. The van der Waals surface area contributed by atoms with Crippen molar-refractivity contribution < 1.29 is 14.6 Å². The Morgan fingerprint density at radius 1 is 1.39 bits per heavy atom. The van der Waals surface area contributed by atoms with Crippen LogP contribution in [0, 0.1) is 6.92 Å².